The zero-order valence-electron chi connectivity index (χ0n) is 12.1. The molecule has 0 aliphatic heterocycles. The van der Waals surface area contributed by atoms with Crippen LogP contribution in [-0.2, 0) is 20.9 Å². The van der Waals surface area contributed by atoms with Crippen molar-refractivity contribution in [2.45, 2.75) is 33.4 Å². The van der Waals surface area contributed by atoms with Gasteiger partial charge >= 0.3 is 12.1 Å². The molecule has 1 atom stereocenters. The van der Waals surface area contributed by atoms with Gasteiger partial charge in [0.25, 0.3) is 0 Å². The zero-order chi connectivity index (χ0) is 15.0. The highest BCUT2D eigenvalue weighted by molar-refractivity contribution is 5.81. The molecular weight excluding hydrogens is 258 g/mol. The lowest BCUT2D eigenvalue weighted by molar-refractivity contribution is -0.146. The molecule has 1 N–H and O–H groups in total. The van der Waals surface area contributed by atoms with Crippen LogP contribution in [0.3, 0.4) is 0 Å². The van der Waals surface area contributed by atoms with Crippen molar-refractivity contribution in [2.24, 2.45) is 5.92 Å². The fourth-order valence-electron chi connectivity index (χ4n) is 1.62. The second-order valence-corrected chi connectivity index (χ2v) is 4.68. The number of esters is 1. The number of hydrogen-bond acceptors (Lipinski definition) is 4. The molecule has 1 amide bonds. The minimum absolute atomic E-state index is 0.0710. The summed E-state index contributed by atoms with van der Waals surface area (Å²) in [6.45, 7) is 5.84. The van der Waals surface area contributed by atoms with Gasteiger partial charge in [0.15, 0.2) is 0 Å². The Morgan fingerprint density at radius 2 is 1.80 bits per heavy atom. The molecule has 1 unspecified atom stereocenters. The molecule has 0 saturated heterocycles. The van der Waals surface area contributed by atoms with E-state index in [1.165, 1.54) is 0 Å². The number of nitrogens with one attached hydrogen (secondary N) is 1. The highest BCUT2D eigenvalue weighted by Crippen LogP contribution is 2.06. The van der Waals surface area contributed by atoms with Crippen LogP contribution in [0.2, 0.25) is 0 Å². The first-order valence-electron chi connectivity index (χ1n) is 6.68. The van der Waals surface area contributed by atoms with Crippen molar-refractivity contribution in [3.8, 4) is 0 Å². The summed E-state index contributed by atoms with van der Waals surface area (Å²) >= 11 is 0. The number of hydrogen-bond donors (Lipinski definition) is 1. The predicted molar refractivity (Wildman–Crippen MR) is 75.0 cm³/mol. The predicted octanol–water partition coefficient (Wildman–Crippen LogP) is 2.50. The second kappa shape index (κ2) is 8.19. The van der Waals surface area contributed by atoms with Crippen LogP contribution in [0.1, 0.15) is 26.3 Å². The molecule has 0 spiro atoms. The molecular formula is C15H21NO4. The number of amides is 1. The molecule has 0 heterocycles. The fourth-order valence-corrected chi connectivity index (χ4v) is 1.62. The Kier molecular flexibility index (Phi) is 6.56. The first-order valence-corrected chi connectivity index (χ1v) is 6.68. The standard InChI is InChI=1S/C15H21NO4/c1-4-19-14(17)13(11(2)3)16-15(18)20-10-12-8-6-5-7-9-12/h5-9,11,13H,4,10H2,1-3H3,(H,16,18). The largest absolute Gasteiger partial charge is 0.464 e. The monoisotopic (exact) mass is 279 g/mol. The quantitative estimate of drug-likeness (QED) is 0.813. The van der Waals surface area contributed by atoms with Gasteiger partial charge in [-0.15, -0.1) is 0 Å². The van der Waals surface area contributed by atoms with Crippen molar-refractivity contribution in [1.82, 2.24) is 5.32 Å². The van der Waals surface area contributed by atoms with E-state index in [0.717, 1.165) is 5.56 Å². The Labute approximate surface area is 119 Å². The van der Waals surface area contributed by atoms with Crippen molar-refractivity contribution in [1.29, 1.82) is 0 Å². The summed E-state index contributed by atoms with van der Waals surface area (Å²) in [7, 11) is 0. The van der Waals surface area contributed by atoms with Gasteiger partial charge < -0.3 is 14.8 Å². The summed E-state index contributed by atoms with van der Waals surface area (Å²) in [5, 5.41) is 2.54. The van der Waals surface area contributed by atoms with E-state index in [2.05, 4.69) is 5.32 Å². The van der Waals surface area contributed by atoms with E-state index in [-0.39, 0.29) is 19.1 Å². The van der Waals surface area contributed by atoms with Crippen molar-refractivity contribution < 1.29 is 19.1 Å². The molecule has 0 aliphatic carbocycles. The summed E-state index contributed by atoms with van der Waals surface area (Å²) in [5.41, 5.74) is 0.889. The molecule has 0 bridgehead atoms. The van der Waals surface area contributed by atoms with Crippen LogP contribution >= 0.6 is 0 Å². The van der Waals surface area contributed by atoms with Gasteiger partial charge in [0.05, 0.1) is 6.61 Å². The van der Waals surface area contributed by atoms with E-state index in [9.17, 15) is 9.59 Å². The Hall–Kier alpha value is -2.04. The number of rotatable bonds is 6. The van der Waals surface area contributed by atoms with E-state index in [4.69, 9.17) is 9.47 Å². The molecule has 1 aromatic carbocycles. The normalized spacial score (nSPS) is 11.8. The maximum atomic E-state index is 11.7. The van der Waals surface area contributed by atoms with Crippen LogP contribution < -0.4 is 5.32 Å². The lowest BCUT2D eigenvalue weighted by atomic mass is 10.1. The molecule has 20 heavy (non-hydrogen) atoms. The Morgan fingerprint density at radius 3 is 2.35 bits per heavy atom. The lowest BCUT2D eigenvalue weighted by Crippen LogP contribution is -2.45. The third-order valence-electron chi connectivity index (χ3n) is 2.69. The summed E-state index contributed by atoms with van der Waals surface area (Å²) in [6.07, 6.45) is -0.624. The van der Waals surface area contributed by atoms with E-state index in [1.54, 1.807) is 6.92 Å². The van der Waals surface area contributed by atoms with E-state index in [0.29, 0.717) is 0 Å². The van der Waals surface area contributed by atoms with E-state index < -0.39 is 18.1 Å². The summed E-state index contributed by atoms with van der Waals surface area (Å²) in [4.78, 5) is 23.4. The smallest absolute Gasteiger partial charge is 0.408 e. The van der Waals surface area contributed by atoms with E-state index >= 15 is 0 Å². The van der Waals surface area contributed by atoms with Crippen LogP contribution in [0.5, 0.6) is 0 Å². The Balaban J connectivity index is 2.48. The molecule has 0 fully saturated rings. The first-order chi connectivity index (χ1) is 9.54. The molecule has 5 heteroatoms. The van der Waals surface area contributed by atoms with Gasteiger partial charge in [0.2, 0.25) is 0 Å². The number of carbonyl (C=O) groups is 2. The minimum Gasteiger partial charge on any atom is -0.464 e. The average Bonchev–Trinajstić information content (AvgIpc) is 2.43. The Morgan fingerprint density at radius 1 is 1.15 bits per heavy atom. The van der Waals surface area contributed by atoms with Gasteiger partial charge in [-0.1, -0.05) is 44.2 Å². The topological polar surface area (TPSA) is 64.6 Å². The van der Waals surface area contributed by atoms with Gasteiger partial charge in [0, 0.05) is 0 Å². The van der Waals surface area contributed by atoms with Crippen LogP contribution in [0, 0.1) is 5.92 Å². The number of ether oxygens (including phenoxy) is 2. The summed E-state index contributed by atoms with van der Waals surface area (Å²) in [5.74, 6) is -0.516. The van der Waals surface area contributed by atoms with Gasteiger partial charge in [-0.25, -0.2) is 9.59 Å². The van der Waals surface area contributed by atoms with Gasteiger partial charge in [-0.2, -0.15) is 0 Å². The molecule has 5 nitrogen and oxygen atoms in total. The molecule has 0 radical (unpaired) electrons. The van der Waals surface area contributed by atoms with E-state index in [1.807, 2.05) is 44.2 Å². The summed E-state index contributed by atoms with van der Waals surface area (Å²) in [6, 6.07) is 8.65. The van der Waals surface area contributed by atoms with Gasteiger partial charge in [0.1, 0.15) is 12.6 Å². The number of carbonyl (C=O) groups excluding carboxylic acids is 2. The molecule has 0 aromatic heterocycles. The van der Waals surface area contributed by atoms with Gasteiger partial charge in [-0.3, -0.25) is 0 Å². The Bertz CT molecular complexity index is 431. The van der Waals surface area contributed by atoms with Crippen molar-refractivity contribution >= 4 is 12.1 Å². The van der Waals surface area contributed by atoms with Crippen LogP contribution in [0.4, 0.5) is 4.79 Å². The molecule has 0 saturated carbocycles. The van der Waals surface area contributed by atoms with Gasteiger partial charge in [-0.05, 0) is 18.4 Å². The van der Waals surface area contributed by atoms with Crippen molar-refractivity contribution in [3.63, 3.8) is 0 Å². The molecule has 1 aromatic rings. The summed E-state index contributed by atoms with van der Waals surface area (Å²) < 4.78 is 10.00. The molecule has 0 aliphatic rings. The zero-order valence-corrected chi connectivity index (χ0v) is 12.1. The first kappa shape index (κ1) is 16.0. The van der Waals surface area contributed by atoms with Crippen molar-refractivity contribution in [3.05, 3.63) is 35.9 Å². The molecule has 1 rings (SSSR count). The average molecular weight is 279 g/mol. The van der Waals surface area contributed by atoms with Crippen molar-refractivity contribution in [2.75, 3.05) is 6.61 Å². The van der Waals surface area contributed by atoms with Crippen LogP contribution in [-0.4, -0.2) is 24.7 Å². The minimum atomic E-state index is -0.696. The fraction of sp³-hybridized carbons (Fsp3) is 0.467. The third kappa shape index (κ3) is 5.30. The maximum Gasteiger partial charge on any atom is 0.408 e. The third-order valence-corrected chi connectivity index (χ3v) is 2.69. The number of benzene rings is 1. The number of alkyl carbamates (subject to hydrolysis) is 1. The SMILES string of the molecule is CCOC(=O)C(NC(=O)OCc1ccccc1)C(C)C. The highest BCUT2D eigenvalue weighted by atomic mass is 16.6. The van der Waals surface area contributed by atoms with Crippen LogP contribution in [0.25, 0.3) is 0 Å². The lowest BCUT2D eigenvalue weighted by Gasteiger charge is -2.20. The van der Waals surface area contributed by atoms with Crippen LogP contribution in [0.15, 0.2) is 30.3 Å². The maximum absolute atomic E-state index is 11.7. The second-order valence-electron chi connectivity index (χ2n) is 4.68. The highest BCUT2D eigenvalue weighted by Gasteiger charge is 2.25. The molecule has 110 valence electrons.